The SMILES string of the molecule is CC(=O)N[C@H]1[C@H](OC[C@@H](O)[C@H](O)[C@H](O[C@@H]2O[C@H](CO)[C@H](O)[C@H](O[C@]3(C(=O)O)C[C@H](O)[C@@H](NC(C)=O)[C@H]([C@H](O)[C@H](O)CO)O3)[C@H]2O)[C@H](CO)NC(C)=O)O[C@H](CO)[C@@H](O[C@@H]2O[C@H](CO)[C@H](O)[C@H](O[C@@H]3O[C@H](CO)[C@@H](O[C@@H]4O[C@H](CO)[C@H](O)[C@H](O)[C@H]4O)[C@H](O[C@@H]4O[C@@H](C)[C@@H](O)[C@@H](O)[C@@H]4O)[C@H]3NC(C)=O)[C@H]2O)[C@@H]1O. The van der Waals surface area contributed by atoms with Gasteiger partial charge >= 0.3 is 5.97 Å². The molecule has 106 heavy (non-hydrogen) atoms. The molecule has 47 nitrogen and oxygen atoms in total. The molecular formula is C59H100N4O43. The van der Waals surface area contributed by atoms with Gasteiger partial charge in [0.25, 0.3) is 5.79 Å². The highest BCUT2D eigenvalue weighted by Gasteiger charge is 2.62. The lowest BCUT2D eigenvalue weighted by molar-refractivity contribution is -0.390. The van der Waals surface area contributed by atoms with Crippen molar-refractivity contribution >= 4 is 29.6 Å². The van der Waals surface area contributed by atoms with Crippen molar-refractivity contribution in [1.82, 2.24) is 21.3 Å². The second kappa shape index (κ2) is 38.9. The number of hydrogen-bond donors (Lipinski definition) is 28. The number of rotatable bonds is 32. The molecule has 0 unspecified atom stereocenters. The van der Waals surface area contributed by atoms with E-state index in [2.05, 4.69) is 21.3 Å². The standard InChI is InChI=1S/C59H100N4O43/c1-15-32(78)39(85)41(87)54(94-15)103-49-31(63-19(5)74)53(99-28(13-70)47(49)102-55-42(88)40(86)35(81)24(9-66)95-55)104-50-36(82)25(10-67)96-56(43(50)89)101-46-27(12-69)98-52(30(38(46)84)62-18(4)73)93-14-23(77)34(80)45(20(7-64)60-16(2)71)100-57-44(90)51(37(83)26(11-68)97-57)106-59(58(91)92)6-21(75)29(61-17(3)72)48(105-59)33(79)22(76)8-65/h15,20-57,64-70,75-90H,6-14H2,1-5H3,(H,60,71)(H,61,72)(H,62,73)(H,63,74)(H,91,92)/t15-,20-,21-,22+,23+,24+,25+,26+,27+,28+,29+,30+,31+,32+,33+,34-,35-,36-,37-,38+,39+,40-,41-,42+,43+,44+,45+,46+,47+,48+,49+,50-,51-,52+,53-,54-,55-,56-,57-,59-/m0/s1. The Bertz CT molecular complexity index is 2800. The number of ether oxygens (including phenoxy) is 14. The summed E-state index contributed by atoms with van der Waals surface area (Å²) < 4.78 is 81.8. The number of aliphatic hydroxyl groups is 23. The molecule has 0 bridgehead atoms. The van der Waals surface area contributed by atoms with Crippen LogP contribution in [0.15, 0.2) is 0 Å². The normalized spacial score (nSPS) is 44.1. The lowest BCUT2D eigenvalue weighted by Crippen LogP contribution is -2.71. The first-order chi connectivity index (χ1) is 49.9. The number of hydrogen-bond acceptors (Lipinski definition) is 42. The molecule has 7 heterocycles. The molecule has 7 saturated heterocycles. The van der Waals surface area contributed by atoms with E-state index < -0.39 is 334 Å². The third-order valence-corrected chi connectivity index (χ3v) is 18.8. The highest BCUT2D eigenvalue weighted by molar-refractivity contribution is 5.77. The van der Waals surface area contributed by atoms with Crippen LogP contribution in [0.25, 0.3) is 0 Å². The Hall–Kier alpha value is -4.13. The van der Waals surface area contributed by atoms with Gasteiger partial charge in [0.05, 0.1) is 77.1 Å². The van der Waals surface area contributed by atoms with Crippen molar-refractivity contribution in [3.8, 4) is 0 Å². The number of nitrogens with one attached hydrogen (secondary N) is 4. The number of carboxylic acids is 1. The lowest BCUT2D eigenvalue weighted by atomic mass is 9.88. The third kappa shape index (κ3) is 20.2. The van der Waals surface area contributed by atoms with Gasteiger partial charge < -0.3 is 210 Å². The molecule has 47 heteroatoms. The molecule has 0 aromatic carbocycles. The molecular weight excluding hydrogens is 1450 g/mol. The quantitative estimate of drug-likeness (QED) is 0.0297. The second-order valence-electron chi connectivity index (χ2n) is 26.5. The average molecular weight is 1550 g/mol. The summed E-state index contributed by atoms with van der Waals surface area (Å²) in [7, 11) is 0. The lowest BCUT2D eigenvalue weighted by Gasteiger charge is -2.51. The number of aliphatic hydroxyl groups excluding tert-OH is 23. The van der Waals surface area contributed by atoms with Crippen LogP contribution in [-0.4, -0.2) is 450 Å². The molecule has 7 rings (SSSR count). The third-order valence-electron chi connectivity index (χ3n) is 18.8. The molecule has 7 fully saturated rings. The Morgan fingerprint density at radius 2 is 0.896 bits per heavy atom. The number of carbonyl (C=O) groups excluding carboxylic acids is 4. The zero-order valence-electron chi connectivity index (χ0n) is 57.4. The van der Waals surface area contributed by atoms with Crippen LogP contribution in [0.2, 0.25) is 0 Å². The van der Waals surface area contributed by atoms with Gasteiger partial charge in [-0.1, -0.05) is 0 Å². The Labute approximate surface area is 601 Å². The summed E-state index contributed by atoms with van der Waals surface area (Å²) in [6.45, 7) is -4.19. The number of aliphatic carboxylic acids is 1. The van der Waals surface area contributed by atoms with Gasteiger partial charge in [0.15, 0.2) is 37.7 Å². The molecule has 40 atom stereocenters. The van der Waals surface area contributed by atoms with E-state index in [-0.39, 0.29) is 0 Å². The first-order valence-electron chi connectivity index (χ1n) is 33.5. The van der Waals surface area contributed by atoms with Gasteiger partial charge in [-0.05, 0) is 6.92 Å². The Balaban J connectivity index is 1.12. The predicted molar refractivity (Wildman–Crippen MR) is 329 cm³/mol. The van der Waals surface area contributed by atoms with E-state index in [0.717, 1.165) is 27.7 Å². The monoisotopic (exact) mass is 1550 g/mol. The number of carbonyl (C=O) groups is 5. The van der Waals surface area contributed by atoms with Gasteiger partial charge in [-0.2, -0.15) is 0 Å². The first-order valence-corrected chi connectivity index (χ1v) is 33.5. The van der Waals surface area contributed by atoms with Crippen molar-refractivity contribution in [1.29, 1.82) is 0 Å². The second-order valence-corrected chi connectivity index (χ2v) is 26.5. The van der Waals surface area contributed by atoms with Crippen molar-refractivity contribution < 1.29 is 213 Å². The van der Waals surface area contributed by atoms with Crippen LogP contribution in [0.4, 0.5) is 0 Å². The zero-order valence-corrected chi connectivity index (χ0v) is 57.4. The molecule has 0 radical (unpaired) electrons. The minimum atomic E-state index is -3.28. The van der Waals surface area contributed by atoms with E-state index in [1.54, 1.807) is 0 Å². The van der Waals surface area contributed by atoms with E-state index in [4.69, 9.17) is 66.3 Å². The fourth-order valence-electron chi connectivity index (χ4n) is 13.2. The molecule has 7 aliphatic rings. The van der Waals surface area contributed by atoms with E-state index in [1.165, 1.54) is 6.92 Å². The van der Waals surface area contributed by atoms with Crippen LogP contribution in [0.1, 0.15) is 41.0 Å². The molecule has 0 spiro atoms. The maximum absolute atomic E-state index is 13.2. The van der Waals surface area contributed by atoms with Gasteiger partial charge in [-0.25, -0.2) is 4.79 Å². The maximum atomic E-state index is 13.2. The van der Waals surface area contributed by atoms with E-state index in [9.17, 15) is 147 Å². The maximum Gasteiger partial charge on any atom is 0.364 e. The van der Waals surface area contributed by atoms with Crippen LogP contribution >= 0.6 is 0 Å². The average Bonchev–Trinajstić information content (AvgIpc) is 0.760. The number of carboxylic acid groups (broad SMARTS) is 1. The van der Waals surface area contributed by atoms with Gasteiger partial charge in [0, 0.05) is 34.1 Å². The summed E-state index contributed by atoms with van der Waals surface area (Å²) in [5, 5.41) is 272. The fourth-order valence-corrected chi connectivity index (χ4v) is 13.2. The van der Waals surface area contributed by atoms with Crippen molar-refractivity contribution in [3.63, 3.8) is 0 Å². The summed E-state index contributed by atoms with van der Waals surface area (Å²) >= 11 is 0. The molecule has 4 amide bonds. The molecule has 614 valence electrons. The van der Waals surface area contributed by atoms with Crippen LogP contribution < -0.4 is 21.3 Å². The van der Waals surface area contributed by atoms with Crippen molar-refractivity contribution in [3.05, 3.63) is 0 Å². The smallest absolute Gasteiger partial charge is 0.364 e. The molecule has 0 aromatic heterocycles. The van der Waals surface area contributed by atoms with Gasteiger partial charge in [0.1, 0.15) is 177 Å². The topological polar surface area (TPSA) is 748 Å². The summed E-state index contributed by atoms with van der Waals surface area (Å²) in [5.41, 5.74) is 0. The van der Waals surface area contributed by atoms with Crippen LogP contribution in [0, 0.1) is 0 Å². The molecule has 28 N–H and O–H groups in total. The van der Waals surface area contributed by atoms with Gasteiger partial charge in [-0.3, -0.25) is 19.2 Å². The summed E-state index contributed by atoms with van der Waals surface area (Å²) in [4.78, 5) is 63.8. The molecule has 7 aliphatic heterocycles. The molecule has 0 aliphatic carbocycles. The van der Waals surface area contributed by atoms with Crippen LogP contribution in [0.3, 0.4) is 0 Å². The van der Waals surface area contributed by atoms with Crippen LogP contribution in [-0.2, 0) is 90.3 Å². The molecule has 0 saturated carbocycles. The Morgan fingerprint density at radius 1 is 0.443 bits per heavy atom. The summed E-state index contributed by atoms with van der Waals surface area (Å²) in [6, 6.07) is -7.39. The minimum Gasteiger partial charge on any atom is -0.477 e. The Kier molecular flexibility index (Phi) is 32.7. The van der Waals surface area contributed by atoms with E-state index >= 15 is 0 Å². The van der Waals surface area contributed by atoms with Crippen molar-refractivity contribution in [2.45, 2.75) is 286 Å². The van der Waals surface area contributed by atoms with Gasteiger partial charge in [0.2, 0.25) is 23.6 Å². The van der Waals surface area contributed by atoms with E-state index in [0.29, 0.717) is 0 Å². The Morgan fingerprint density at radius 3 is 1.43 bits per heavy atom. The minimum absolute atomic E-state index is 0.865. The van der Waals surface area contributed by atoms with Gasteiger partial charge in [-0.15, -0.1) is 0 Å². The fraction of sp³-hybridized carbons (Fsp3) is 0.915. The predicted octanol–water partition coefficient (Wildman–Crippen LogP) is -18.0. The highest BCUT2D eigenvalue weighted by Crippen LogP contribution is 2.41. The van der Waals surface area contributed by atoms with Crippen molar-refractivity contribution in [2.75, 3.05) is 52.9 Å². The number of amides is 4. The summed E-state index contributed by atoms with van der Waals surface area (Å²) in [5.74, 6) is -9.12. The summed E-state index contributed by atoms with van der Waals surface area (Å²) in [6.07, 6.45) is -74.3. The van der Waals surface area contributed by atoms with E-state index in [1.807, 2.05) is 0 Å². The first kappa shape index (κ1) is 89.1. The largest absolute Gasteiger partial charge is 0.477 e. The van der Waals surface area contributed by atoms with Crippen LogP contribution in [0.5, 0.6) is 0 Å². The highest BCUT2D eigenvalue weighted by atomic mass is 16.8. The van der Waals surface area contributed by atoms with Crippen molar-refractivity contribution in [2.24, 2.45) is 0 Å². The molecule has 0 aromatic rings. The zero-order chi connectivity index (χ0) is 79.0.